The van der Waals surface area contributed by atoms with Crippen LogP contribution in [-0.2, 0) is 4.79 Å². The van der Waals surface area contributed by atoms with Gasteiger partial charge in [-0.2, -0.15) is 0 Å². The first kappa shape index (κ1) is 10.5. The zero-order chi connectivity index (χ0) is 10.8. The fourth-order valence-electron chi connectivity index (χ4n) is 2.00. The minimum atomic E-state index is 0.117. The van der Waals surface area contributed by atoms with Crippen molar-refractivity contribution < 1.29 is 4.79 Å². The molecular weight excluding hydrogens is 256 g/mol. The molecule has 1 aliphatic heterocycles. The molecule has 15 heavy (non-hydrogen) atoms. The van der Waals surface area contributed by atoms with E-state index >= 15 is 0 Å². The molecule has 0 aliphatic carbocycles. The molecule has 0 radical (unpaired) electrons. The second kappa shape index (κ2) is 4.23. The van der Waals surface area contributed by atoms with Gasteiger partial charge >= 0.3 is 0 Å². The van der Waals surface area contributed by atoms with Crippen molar-refractivity contribution in [3.05, 3.63) is 28.2 Å². The maximum absolute atomic E-state index is 10.5. The Labute approximate surface area is 97.4 Å². The molecule has 1 amide bonds. The predicted molar refractivity (Wildman–Crippen MR) is 63.8 cm³/mol. The van der Waals surface area contributed by atoms with Crippen molar-refractivity contribution in [1.82, 2.24) is 5.32 Å². The van der Waals surface area contributed by atoms with Crippen molar-refractivity contribution in [2.24, 2.45) is 0 Å². The Hall–Kier alpha value is -1.03. The molecular formula is C11H13BrN2O. The first-order valence-corrected chi connectivity index (χ1v) is 5.75. The summed E-state index contributed by atoms with van der Waals surface area (Å²) in [6.45, 7) is 2.12. The van der Waals surface area contributed by atoms with Gasteiger partial charge in [-0.3, -0.25) is 4.79 Å². The molecule has 2 N–H and O–H groups in total. The lowest BCUT2D eigenvalue weighted by molar-refractivity contribution is -0.110. The standard InChI is InChI=1S/C11H13BrN2O/c1-7-4-11(13-6-15)9-5-8(12)2-3-10(9)14-7/h2-3,5-7,11,14H,4H2,1H3,(H,13,15). The van der Waals surface area contributed by atoms with E-state index in [-0.39, 0.29) is 6.04 Å². The van der Waals surface area contributed by atoms with E-state index in [0.29, 0.717) is 6.04 Å². The number of fused-ring (bicyclic) bond motifs is 1. The summed E-state index contributed by atoms with van der Waals surface area (Å²) in [5, 5.41) is 6.26. The van der Waals surface area contributed by atoms with Gasteiger partial charge in [-0.15, -0.1) is 0 Å². The Bertz CT molecular complexity index is 381. The largest absolute Gasteiger partial charge is 0.382 e. The van der Waals surface area contributed by atoms with Crippen LogP contribution in [0.25, 0.3) is 0 Å². The molecule has 80 valence electrons. The number of carbonyl (C=O) groups excluding carboxylic acids is 1. The third-order valence-corrected chi connectivity index (χ3v) is 3.14. The van der Waals surface area contributed by atoms with Crippen LogP contribution in [0.5, 0.6) is 0 Å². The second-order valence-electron chi connectivity index (χ2n) is 3.85. The van der Waals surface area contributed by atoms with Gasteiger partial charge in [0.1, 0.15) is 0 Å². The van der Waals surface area contributed by atoms with Gasteiger partial charge in [-0.25, -0.2) is 0 Å². The fraction of sp³-hybridized carbons (Fsp3) is 0.364. The molecule has 0 fully saturated rings. The third kappa shape index (κ3) is 2.15. The van der Waals surface area contributed by atoms with Gasteiger partial charge in [-0.05, 0) is 37.1 Å². The van der Waals surface area contributed by atoms with Gasteiger partial charge < -0.3 is 10.6 Å². The molecule has 1 aromatic rings. The monoisotopic (exact) mass is 268 g/mol. The average molecular weight is 269 g/mol. The Balaban J connectivity index is 2.38. The van der Waals surface area contributed by atoms with Gasteiger partial charge in [0.2, 0.25) is 6.41 Å². The highest BCUT2D eigenvalue weighted by Gasteiger charge is 2.23. The molecule has 1 heterocycles. The molecule has 0 spiro atoms. The molecule has 0 bridgehead atoms. The van der Waals surface area contributed by atoms with E-state index in [1.165, 1.54) is 0 Å². The first-order chi connectivity index (χ1) is 7.20. The number of anilines is 1. The van der Waals surface area contributed by atoms with Crippen LogP contribution in [0, 0.1) is 0 Å². The van der Waals surface area contributed by atoms with Gasteiger partial charge in [0, 0.05) is 16.2 Å². The Morgan fingerprint density at radius 1 is 1.60 bits per heavy atom. The highest BCUT2D eigenvalue weighted by molar-refractivity contribution is 9.10. The number of carbonyl (C=O) groups is 1. The van der Waals surface area contributed by atoms with Crippen LogP contribution in [-0.4, -0.2) is 12.5 Å². The summed E-state index contributed by atoms with van der Waals surface area (Å²) >= 11 is 3.44. The fourth-order valence-corrected chi connectivity index (χ4v) is 2.38. The normalized spacial score (nSPS) is 23.9. The van der Waals surface area contributed by atoms with Crippen molar-refractivity contribution in [1.29, 1.82) is 0 Å². The van der Waals surface area contributed by atoms with E-state index in [2.05, 4.69) is 39.6 Å². The highest BCUT2D eigenvalue weighted by Crippen LogP contribution is 2.34. The summed E-state index contributed by atoms with van der Waals surface area (Å²) in [6, 6.07) is 6.59. The smallest absolute Gasteiger partial charge is 0.207 e. The van der Waals surface area contributed by atoms with Gasteiger partial charge in [-0.1, -0.05) is 15.9 Å². The van der Waals surface area contributed by atoms with E-state index < -0.39 is 0 Å². The van der Waals surface area contributed by atoms with Crippen molar-refractivity contribution in [3.8, 4) is 0 Å². The molecule has 1 aliphatic rings. The zero-order valence-corrected chi connectivity index (χ0v) is 10.0. The van der Waals surface area contributed by atoms with E-state index in [1.807, 2.05) is 12.1 Å². The Morgan fingerprint density at radius 2 is 2.40 bits per heavy atom. The van der Waals surface area contributed by atoms with E-state index in [1.54, 1.807) is 0 Å². The summed E-state index contributed by atoms with van der Waals surface area (Å²) in [5.74, 6) is 0. The molecule has 3 nitrogen and oxygen atoms in total. The molecule has 4 heteroatoms. The van der Waals surface area contributed by atoms with Crippen LogP contribution in [0.3, 0.4) is 0 Å². The quantitative estimate of drug-likeness (QED) is 0.810. The lowest BCUT2D eigenvalue weighted by Gasteiger charge is -2.31. The van der Waals surface area contributed by atoms with Crippen molar-refractivity contribution in [2.75, 3.05) is 5.32 Å². The minimum Gasteiger partial charge on any atom is -0.382 e. The van der Waals surface area contributed by atoms with E-state index in [4.69, 9.17) is 0 Å². The molecule has 0 aromatic heterocycles. The SMILES string of the molecule is CC1CC(NC=O)c2cc(Br)ccc2N1. The maximum Gasteiger partial charge on any atom is 0.207 e. The van der Waals surface area contributed by atoms with Gasteiger partial charge in [0.05, 0.1) is 6.04 Å². The summed E-state index contributed by atoms with van der Waals surface area (Å²) in [4.78, 5) is 10.5. The molecule has 2 atom stereocenters. The third-order valence-electron chi connectivity index (χ3n) is 2.65. The van der Waals surface area contributed by atoms with Crippen LogP contribution >= 0.6 is 15.9 Å². The number of halogens is 1. The average Bonchev–Trinajstić information content (AvgIpc) is 2.19. The van der Waals surface area contributed by atoms with Crippen molar-refractivity contribution >= 4 is 28.0 Å². The molecule has 2 rings (SSSR count). The zero-order valence-electron chi connectivity index (χ0n) is 8.46. The topological polar surface area (TPSA) is 41.1 Å². The molecule has 1 aromatic carbocycles. The molecule has 0 saturated heterocycles. The van der Waals surface area contributed by atoms with E-state index in [9.17, 15) is 4.79 Å². The summed E-state index contributed by atoms with van der Waals surface area (Å²) in [7, 11) is 0. The van der Waals surface area contributed by atoms with Crippen LogP contribution < -0.4 is 10.6 Å². The van der Waals surface area contributed by atoms with Gasteiger partial charge in [0.25, 0.3) is 0 Å². The second-order valence-corrected chi connectivity index (χ2v) is 4.77. The predicted octanol–water partition coefficient (Wildman–Crippen LogP) is 2.44. The van der Waals surface area contributed by atoms with E-state index in [0.717, 1.165) is 28.6 Å². The number of amides is 1. The lowest BCUT2D eigenvalue weighted by Crippen LogP contribution is -2.32. The summed E-state index contributed by atoms with van der Waals surface area (Å²) in [5.41, 5.74) is 2.26. The first-order valence-electron chi connectivity index (χ1n) is 4.96. The number of hydrogen-bond acceptors (Lipinski definition) is 2. The summed E-state index contributed by atoms with van der Waals surface area (Å²) < 4.78 is 1.04. The van der Waals surface area contributed by atoms with Crippen molar-refractivity contribution in [3.63, 3.8) is 0 Å². The Morgan fingerprint density at radius 3 is 3.13 bits per heavy atom. The lowest BCUT2D eigenvalue weighted by atomic mass is 9.94. The minimum absolute atomic E-state index is 0.117. The molecule has 0 saturated carbocycles. The van der Waals surface area contributed by atoms with Crippen LogP contribution in [0.1, 0.15) is 24.9 Å². The van der Waals surface area contributed by atoms with Crippen LogP contribution in [0.4, 0.5) is 5.69 Å². The number of hydrogen-bond donors (Lipinski definition) is 2. The molecule has 2 unspecified atom stereocenters. The van der Waals surface area contributed by atoms with Crippen LogP contribution in [0.2, 0.25) is 0 Å². The highest BCUT2D eigenvalue weighted by atomic mass is 79.9. The number of benzene rings is 1. The van der Waals surface area contributed by atoms with Gasteiger partial charge in [0.15, 0.2) is 0 Å². The number of rotatable bonds is 2. The Kier molecular flexibility index (Phi) is 2.95. The maximum atomic E-state index is 10.5. The number of nitrogens with one attached hydrogen (secondary N) is 2. The van der Waals surface area contributed by atoms with Crippen LogP contribution in [0.15, 0.2) is 22.7 Å². The summed E-state index contributed by atoms with van der Waals surface area (Å²) in [6.07, 6.45) is 1.69. The van der Waals surface area contributed by atoms with Crippen molar-refractivity contribution in [2.45, 2.75) is 25.4 Å².